The largest absolute Gasteiger partial charge is 0.480 e. The molecule has 0 atom stereocenters. The van der Waals surface area contributed by atoms with E-state index in [1.807, 2.05) is 12.1 Å². The Morgan fingerprint density at radius 3 is 2.34 bits per heavy atom. The van der Waals surface area contributed by atoms with E-state index in [-0.39, 0.29) is 23.8 Å². The smallest absolute Gasteiger partial charge is 0.417 e. The van der Waals surface area contributed by atoms with Crippen LogP contribution >= 0.6 is 12.4 Å². The fourth-order valence-electron chi connectivity index (χ4n) is 3.87. The van der Waals surface area contributed by atoms with Crippen molar-refractivity contribution in [3.63, 3.8) is 0 Å². The molecule has 1 aliphatic rings. The van der Waals surface area contributed by atoms with Crippen LogP contribution in [0.5, 0.6) is 5.75 Å². The van der Waals surface area contributed by atoms with Gasteiger partial charge in [-0.2, -0.15) is 18.2 Å². The second-order valence-corrected chi connectivity index (χ2v) is 8.82. The first kappa shape index (κ1) is 24.7. The van der Waals surface area contributed by atoms with Crippen LogP contribution in [0.15, 0.2) is 53.1 Å². The molecule has 0 saturated heterocycles. The molecule has 0 amide bonds. The van der Waals surface area contributed by atoms with Gasteiger partial charge in [0.15, 0.2) is 17.2 Å². The van der Waals surface area contributed by atoms with Crippen LogP contribution in [0.1, 0.15) is 49.9 Å². The zero-order chi connectivity index (χ0) is 24.1. The van der Waals surface area contributed by atoms with Crippen molar-refractivity contribution in [2.45, 2.75) is 44.4 Å². The molecule has 5 rings (SSSR count). The molecule has 11 heteroatoms. The summed E-state index contributed by atoms with van der Waals surface area (Å²) >= 11 is 0. The molecule has 2 heterocycles. The summed E-state index contributed by atoms with van der Waals surface area (Å²) in [7, 11) is 1.62. The minimum atomic E-state index is -4.51. The predicted octanol–water partition coefficient (Wildman–Crippen LogP) is 6.16. The summed E-state index contributed by atoms with van der Waals surface area (Å²) in [6.45, 7) is 3.57. The van der Waals surface area contributed by atoms with E-state index in [1.54, 1.807) is 39.1 Å². The van der Waals surface area contributed by atoms with Gasteiger partial charge in [0.05, 0.1) is 5.56 Å². The Bertz CT molecular complexity index is 1330. The minimum absolute atomic E-state index is 0. The van der Waals surface area contributed by atoms with Gasteiger partial charge in [0.2, 0.25) is 11.7 Å². The van der Waals surface area contributed by atoms with E-state index in [9.17, 15) is 13.2 Å². The second-order valence-electron chi connectivity index (χ2n) is 8.82. The van der Waals surface area contributed by atoms with E-state index in [0.717, 1.165) is 24.5 Å². The van der Waals surface area contributed by atoms with E-state index in [0.29, 0.717) is 29.2 Å². The third-order valence-corrected chi connectivity index (χ3v) is 5.74. The van der Waals surface area contributed by atoms with Crippen molar-refractivity contribution in [1.82, 2.24) is 24.9 Å². The van der Waals surface area contributed by atoms with Crippen LogP contribution in [-0.4, -0.2) is 24.9 Å². The number of halogens is 4. The van der Waals surface area contributed by atoms with Crippen LogP contribution in [0, 0.1) is 0 Å². The number of hydrogen-bond donors (Lipinski definition) is 0. The Morgan fingerprint density at radius 2 is 1.69 bits per heavy atom. The molecule has 184 valence electrons. The van der Waals surface area contributed by atoms with Crippen LogP contribution in [-0.2, 0) is 18.8 Å². The van der Waals surface area contributed by atoms with Gasteiger partial charge in [-0.1, -0.05) is 23.4 Å². The van der Waals surface area contributed by atoms with Gasteiger partial charge in [-0.3, -0.25) is 0 Å². The summed E-state index contributed by atoms with van der Waals surface area (Å²) in [5, 5.41) is 12.2. The van der Waals surface area contributed by atoms with Gasteiger partial charge in [-0.25, -0.2) is 0 Å². The topological polar surface area (TPSA) is 78.9 Å². The molecule has 0 radical (unpaired) electrons. The molecule has 7 nitrogen and oxygen atoms in total. The fraction of sp³-hybridized carbons (Fsp3) is 0.333. The highest BCUT2D eigenvalue weighted by atomic mass is 35.5. The molecule has 0 unspecified atom stereocenters. The SMILES string of the molecule is Cl.Cn1c(-c2ccccc2C(F)(F)F)nnc1C(C)(C)Oc1ccc(-c2noc(C3CC3)n2)cc1. The molecule has 0 aliphatic heterocycles. The molecule has 1 fully saturated rings. The number of aromatic nitrogens is 5. The highest BCUT2D eigenvalue weighted by Gasteiger charge is 2.36. The molecular formula is C24H23ClF3N5O2. The first-order valence-corrected chi connectivity index (χ1v) is 10.8. The van der Waals surface area contributed by atoms with Gasteiger partial charge >= 0.3 is 6.18 Å². The van der Waals surface area contributed by atoms with Crippen molar-refractivity contribution in [3.8, 4) is 28.5 Å². The molecule has 2 aromatic carbocycles. The Labute approximate surface area is 205 Å². The lowest BCUT2D eigenvalue weighted by Crippen LogP contribution is -2.29. The maximum atomic E-state index is 13.5. The summed E-state index contributed by atoms with van der Waals surface area (Å²) < 4.78 is 53.5. The predicted molar refractivity (Wildman–Crippen MR) is 124 cm³/mol. The lowest BCUT2D eigenvalue weighted by atomic mass is 10.1. The first-order chi connectivity index (χ1) is 16.1. The average molecular weight is 506 g/mol. The summed E-state index contributed by atoms with van der Waals surface area (Å²) in [5.74, 6) is 2.62. The first-order valence-electron chi connectivity index (χ1n) is 10.8. The average Bonchev–Trinajstić information content (AvgIpc) is 3.38. The Morgan fingerprint density at radius 1 is 1.00 bits per heavy atom. The van der Waals surface area contributed by atoms with Gasteiger partial charge in [0.1, 0.15) is 5.75 Å². The summed E-state index contributed by atoms with van der Waals surface area (Å²) in [4.78, 5) is 4.44. The maximum Gasteiger partial charge on any atom is 0.417 e. The summed E-state index contributed by atoms with van der Waals surface area (Å²) in [5.41, 5.74) is -0.981. The van der Waals surface area contributed by atoms with Crippen LogP contribution in [0.25, 0.3) is 22.8 Å². The summed E-state index contributed by atoms with van der Waals surface area (Å²) in [6, 6.07) is 12.5. The normalized spacial score (nSPS) is 14.0. The van der Waals surface area contributed by atoms with E-state index in [4.69, 9.17) is 9.26 Å². The fourth-order valence-corrected chi connectivity index (χ4v) is 3.87. The molecule has 4 aromatic rings. The Balaban J connectivity index is 0.00000289. The van der Waals surface area contributed by atoms with Crippen molar-refractivity contribution in [2.75, 3.05) is 0 Å². The Hall–Kier alpha value is -3.40. The summed E-state index contributed by atoms with van der Waals surface area (Å²) in [6.07, 6.45) is -2.35. The third kappa shape index (κ3) is 4.88. The quantitative estimate of drug-likeness (QED) is 0.312. The van der Waals surface area contributed by atoms with E-state index in [2.05, 4.69) is 20.3 Å². The Kier molecular flexibility index (Phi) is 6.35. The van der Waals surface area contributed by atoms with Crippen molar-refractivity contribution >= 4 is 12.4 Å². The van der Waals surface area contributed by atoms with Gasteiger partial charge in [0, 0.05) is 24.1 Å². The van der Waals surface area contributed by atoms with Crippen LogP contribution in [0.2, 0.25) is 0 Å². The molecule has 1 aliphatic carbocycles. The number of nitrogens with zero attached hydrogens (tertiary/aromatic N) is 5. The standard InChI is InChI=1S/C24H22F3N5O2.ClH/c1-23(2,22-30-29-20(32(22)3)17-6-4-5-7-18(17)24(25,26)27)33-16-12-10-14(11-13-16)19-28-21(34-31-19)15-8-9-15;/h4-7,10-13,15H,8-9H2,1-3H3;1H. The number of alkyl halides is 3. The molecule has 1 saturated carbocycles. The number of ether oxygens (including phenoxy) is 1. The molecule has 0 bridgehead atoms. The van der Waals surface area contributed by atoms with Crippen molar-refractivity contribution in [3.05, 3.63) is 65.8 Å². The van der Waals surface area contributed by atoms with Gasteiger partial charge in [-0.05, 0) is 57.0 Å². The van der Waals surface area contributed by atoms with E-state index >= 15 is 0 Å². The molecule has 0 spiro atoms. The van der Waals surface area contributed by atoms with Gasteiger partial charge < -0.3 is 13.8 Å². The monoisotopic (exact) mass is 505 g/mol. The highest BCUT2D eigenvalue weighted by molar-refractivity contribution is 5.85. The van der Waals surface area contributed by atoms with Crippen molar-refractivity contribution < 1.29 is 22.4 Å². The number of benzene rings is 2. The van der Waals surface area contributed by atoms with Crippen molar-refractivity contribution in [1.29, 1.82) is 0 Å². The molecular weight excluding hydrogens is 483 g/mol. The number of hydrogen-bond acceptors (Lipinski definition) is 6. The maximum absolute atomic E-state index is 13.5. The van der Waals surface area contributed by atoms with E-state index in [1.165, 1.54) is 16.7 Å². The van der Waals surface area contributed by atoms with Crippen LogP contribution in [0.4, 0.5) is 13.2 Å². The van der Waals surface area contributed by atoms with Gasteiger partial charge in [0.25, 0.3) is 0 Å². The third-order valence-electron chi connectivity index (χ3n) is 5.74. The van der Waals surface area contributed by atoms with E-state index < -0.39 is 17.3 Å². The zero-order valence-corrected chi connectivity index (χ0v) is 20.0. The minimum Gasteiger partial charge on any atom is -0.480 e. The second kappa shape index (κ2) is 8.99. The highest BCUT2D eigenvalue weighted by Crippen LogP contribution is 2.40. The van der Waals surface area contributed by atoms with Crippen molar-refractivity contribution in [2.24, 2.45) is 7.05 Å². The molecule has 35 heavy (non-hydrogen) atoms. The zero-order valence-electron chi connectivity index (χ0n) is 19.2. The lowest BCUT2D eigenvalue weighted by molar-refractivity contribution is -0.137. The molecule has 0 N–H and O–H groups in total. The van der Waals surface area contributed by atoms with Gasteiger partial charge in [-0.15, -0.1) is 22.6 Å². The lowest BCUT2D eigenvalue weighted by Gasteiger charge is -2.25. The molecule has 2 aromatic heterocycles. The van der Waals surface area contributed by atoms with Crippen LogP contribution in [0.3, 0.4) is 0 Å². The van der Waals surface area contributed by atoms with Crippen LogP contribution < -0.4 is 4.74 Å². The number of rotatable bonds is 6.